The van der Waals surface area contributed by atoms with Crippen molar-refractivity contribution in [3.8, 4) is 5.69 Å². The molecule has 29 heavy (non-hydrogen) atoms. The van der Waals surface area contributed by atoms with Gasteiger partial charge >= 0.3 is 6.03 Å². The van der Waals surface area contributed by atoms with Crippen LogP contribution in [0.2, 0.25) is 0 Å². The van der Waals surface area contributed by atoms with Crippen LogP contribution in [0.5, 0.6) is 0 Å². The predicted octanol–water partition coefficient (Wildman–Crippen LogP) is 3.68. The lowest BCUT2D eigenvalue weighted by molar-refractivity contribution is -0.0377. The summed E-state index contributed by atoms with van der Waals surface area (Å²) in [6.45, 7) is 6.94. The number of aryl methyl sites for hydroxylation is 2. The molecule has 2 amide bonds. The summed E-state index contributed by atoms with van der Waals surface area (Å²) in [5, 5.41) is 7.47. The van der Waals surface area contributed by atoms with E-state index in [1.165, 1.54) is 0 Å². The molecule has 4 rings (SSSR count). The van der Waals surface area contributed by atoms with Gasteiger partial charge in [-0.1, -0.05) is 6.07 Å². The third-order valence-electron chi connectivity index (χ3n) is 5.62. The van der Waals surface area contributed by atoms with E-state index in [0.717, 1.165) is 54.8 Å². The number of amides is 2. The van der Waals surface area contributed by atoms with Crippen LogP contribution in [-0.2, 0) is 9.47 Å². The summed E-state index contributed by atoms with van der Waals surface area (Å²) in [7, 11) is 0. The van der Waals surface area contributed by atoms with Crippen molar-refractivity contribution in [2.75, 3.05) is 31.6 Å². The van der Waals surface area contributed by atoms with E-state index in [4.69, 9.17) is 9.47 Å². The van der Waals surface area contributed by atoms with Crippen molar-refractivity contribution in [2.45, 2.75) is 51.7 Å². The Balaban J connectivity index is 1.33. The molecule has 2 aliphatic rings. The second-order valence-corrected chi connectivity index (χ2v) is 8.07. The molecule has 0 aliphatic carbocycles. The Hall–Kier alpha value is -2.38. The lowest BCUT2D eigenvalue weighted by Crippen LogP contribution is -2.43. The van der Waals surface area contributed by atoms with E-state index >= 15 is 0 Å². The number of rotatable bonds is 5. The molecule has 0 bridgehead atoms. The molecule has 7 heteroatoms. The Kier molecular flexibility index (Phi) is 6.16. The second-order valence-electron chi connectivity index (χ2n) is 8.07. The number of urea groups is 1. The summed E-state index contributed by atoms with van der Waals surface area (Å²) in [6.07, 6.45) is 8.18. The van der Waals surface area contributed by atoms with Crippen molar-refractivity contribution >= 4 is 11.7 Å². The zero-order valence-corrected chi connectivity index (χ0v) is 17.3. The first-order chi connectivity index (χ1) is 14.1. The number of nitrogens with zero attached hydrogens (tertiary/aromatic N) is 3. The summed E-state index contributed by atoms with van der Waals surface area (Å²) in [5.74, 6) is 0. The smallest absolute Gasteiger partial charge is 0.321 e. The minimum absolute atomic E-state index is 0.0710. The molecule has 0 radical (unpaired) electrons. The lowest BCUT2D eigenvalue weighted by Gasteiger charge is -2.32. The molecule has 156 valence electrons. The number of hydrogen-bond acceptors (Lipinski definition) is 4. The highest BCUT2D eigenvalue weighted by molar-refractivity contribution is 5.91. The van der Waals surface area contributed by atoms with Gasteiger partial charge in [-0.15, -0.1) is 0 Å². The van der Waals surface area contributed by atoms with Crippen LogP contribution in [0, 0.1) is 13.8 Å². The van der Waals surface area contributed by atoms with E-state index in [2.05, 4.69) is 10.4 Å². The van der Waals surface area contributed by atoms with Crippen LogP contribution in [-0.4, -0.2) is 59.2 Å². The Morgan fingerprint density at radius 1 is 1.24 bits per heavy atom. The molecular weight excluding hydrogens is 368 g/mol. The Morgan fingerprint density at radius 2 is 2.07 bits per heavy atom. The van der Waals surface area contributed by atoms with Crippen LogP contribution in [0.3, 0.4) is 0 Å². The number of carbonyl (C=O) groups excluding carboxylic acids is 1. The van der Waals surface area contributed by atoms with Gasteiger partial charge in [0.05, 0.1) is 36.4 Å². The van der Waals surface area contributed by atoms with Gasteiger partial charge in [-0.25, -0.2) is 9.48 Å². The van der Waals surface area contributed by atoms with Gasteiger partial charge in [-0.3, -0.25) is 0 Å². The molecule has 2 aromatic rings. The van der Waals surface area contributed by atoms with Gasteiger partial charge in [0.2, 0.25) is 0 Å². The third-order valence-corrected chi connectivity index (χ3v) is 5.62. The SMILES string of the molecule is Cc1ccc(-n2cc(C)cn2)c(NC(=O)N2CCC(OC[C@@H]3CCCO3)CC2)c1. The molecule has 3 heterocycles. The highest BCUT2D eigenvalue weighted by atomic mass is 16.5. The largest absolute Gasteiger partial charge is 0.376 e. The normalized spacial score (nSPS) is 20.2. The minimum atomic E-state index is -0.0710. The summed E-state index contributed by atoms with van der Waals surface area (Å²) in [5.41, 5.74) is 3.81. The third kappa shape index (κ3) is 4.97. The van der Waals surface area contributed by atoms with E-state index in [-0.39, 0.29) is 18.2 Å². The van der Waals surface area contributed by atoms with E-state index in [0.29, 0.717) is 19.7 Å². The fourth-order valence-corrected chi connectivity index (χ4v) is 3.93. The fraction of sp³-hybridized carbons (Fsp3) is 0.545. The molecule has 7 nitrogen and oxygen atoms in total. The van der Waals surface area contributed by atoms with Crippen molar-refractivity contribution in [3.63, 3.8) is 0 Å². The van der Waals surface area contributed by atoms with Crippen LogP contribution < -0.4 is 5.32 Å². The molecule has 0 saturated carbocycles. The number of benzene rings is 1. The average Bonchev–Trinajstić information content (AvgIpc) is 3.39. The fourth-order valence-electron chi connectivity index (χ4n) is 3.93. The van der Waals surface area contributed by atoms with E-state index in [1.807, 2.05) is 49.3 Å². The van der Waals surface area contributed by atoms with Crippen LogP contribution in [0.1, 0.15) is 36.8 Å². The van der Waals surface area contributed by atoms with Gasteiger partial charge in [0.25, 0.3) is 0 Å². The molecular formula is C22H30N4O3. The summed E-state index contributed by atoms with van der Waals surface area (Å²) >= 11 is 0. The average molecular weight is 399 g/mol. The standard InChI is InChI=1S/C22H30N4O3/c1-16-5-6-21(26-14-17(2)13-23-26)20(12-16)24-22(27)25-9-7-18(8-10-25)29-15-19-4-3-11-28-19/h5-6,12-14,18-19H,3-4,7-11,15H2,1-2H3,(H,24,27)/t19-/m0/s1. The molecule has 1 aromatic heterocycles. The van der Waals surface area contributed by atoms with Crippen LogP contribution in [0.25, 0.3) is 5.69 Å². The zero-order valence-electron chi connectivity index (χ0n) is 17.3. The maximum absolute atomic E-state index is 12.9. The van der Waals surface area contributed by atoms with Gasteiger partial charge in [0.1, 0.15) is 0 Å². The highest BCUT2D eigenvalue weighted by Gasteiger charge is 2.25. The number of nitrogens with one attached hydrogen (secondary N) is 1. The first-order valence-corrected chi connectivity index (χ1v) is 10.5. The number of likely N-dealkylation sites (tertiary alicyclic amines) is 1. The number of anilines is 1. The van der Waals surface area contributed by atoms with Crippen molar-refractivity contribution in [1.82, 2.24) is 14.7 Å². The van der Waals surface area contributed by atoms with E-state index in [9.17, 15) is 4.79 Å². The number of aromatic nitrogens is 2. The van der Waals surface area contributed by atoms with Gasteiger partial charge in [0, 0.05) is 25.9 Å². The van der Waals surface area contributed by atoms with Crippen molar-refractivity contribution < 1.29 is 14.3 Å². The van der Waals surface area contributed by atoms with Crippen LogP contribution in [0.15, 0.2) is 30.6 Å². The number of hydrogen-bond donors (Lipinski definition) is 1. The lowest BCUT2D eigenvalue weighted by atomic mass is 10.1. The summed E-state index contributed by atoms with van der Waals surface area (Å²) in [4.78, 5) is 14.7. The Bertz CT molecular complexity index is 836. The maximum Gasteiger partial charge on any atom is 0.321 e. The van der Waals surface area contributed by atoms with Gasteiger partial charge < -0.3 is 19.7 Å². The highest BCUT2D eigenvalue weighted by Crippen LogP contribution is 2.23. The predicted molar refractivity (Wildman–Crippen MR) is 112 cm³/mol. The first-order valence-electron chi connectivity index (χ1n) is 10.5. The zero-order chi connectivity index (χ0) is 20.2. The van der Waals surface area contributed by atoms with Crippen molar-refractivity contribution in [2.24, 2.45) is 0 Å². The van der Waals surface area contributed by atoms with Crippen molar-refractivity contribution in [3.05, 3.63) is 41.7 Å². The number of piperidine rings is 1. The molecule has 2 fully saturated rings. The molecule has 1 N–H and O–H groups in total. The monoisotopic (exact) mass is 398 g/mol. The molecule has 0 unspecified atom stereocenters. The molecule has 1 aromatic carbocycles. The summed E-state index contributed by atoms with van der Waals surface area (Å²) < 4.78 is 13.4. The maximum atomic E-state index is 12.9. The molecule has 1 atom stereocenters. The van der Waals surface area contributed by atoms with Gasteiger partial charge in [-0.05, 0) is 62.8 Å². The number of ether oxygens (including phenoxy) is 2. The second kappa shape index (κ2) is 8.97. The van der Waals surface area contributed by atoms with Gasteiger partial charge in [0.15, 0.2) is 0 Å². The van der Waals surface area contributed by atoms with Crippen LogP contribution >= 0.6 is 0 Å². The Morgan fingerprint density at radius 3 is 2.76 bits per heavy atom. The van der Waals surface area contributed by atoms with E-state index in [1.54, 1.807) is 4.68 Å². The Labute approximate surface area is 172 Å². The molecule has 2 saturated heterocycles. The van der Waals surface area contributed by atoms with Crippen molar-refractivity contribution in [1.29, 1.82) is 0 Å². The van der Waals surface area contributed by atoms with Gasteiger partial charge in [-0.2, -0.15) is 5.10 Å². The minimum Gasteiger partial charge on any atom is -0.376 e. The molecule has 2 aliphatic heterocycles. The van der Waals surface area contributed by atoms with Crippen LogP contribution in [0.4, 0.5) is 10.5 Å². The number of carbonyl (C=O) groups is 1. The quantitative estimate of drug-likeness (QED) is 0.834. The van der Waals surface area contributed by atoms with E-state index < -0.39 is 0 Å². The first kappa shape index (κ1) is 19.9. The topological polar surface area (TPSA) is 68.6 Å². The molecule has 0 spiro atoms. The summed E-state index contributed by atoms with van der Waals surface area (Å²) in [6, 6.07) is 5.93.